The van der Waals surface area contributed by atoms with Gasteiger partial charge in [0, 0.05) is 18.3 Å². The number of benzene rings is 1. The van der Waals surface area contributed by atoms with Gasteiger partial charge in [-0.1, -0.05) is 30.9 Å². The van der Waals surface area contributed by atoms with Crippen LogP contribution in [0.25, 0.3) is 0 Å². The Bertz CT molecular complexity index is 1000. The molecule has 2 heterocycles. The van der Waals surface area contributed by atoms with Crippen molar-refractivity contribution in [2.75, 3.05) is 18.4 Å². The van der Waals surface area contributed by atoms with E-state index in [1.807, 2.05) is 0 Å². The third-order valence-electron chi connectivity index (χ3n) is 6.27. The zero-order chi connectivity index (χ0) is 21.8. The fourth-order valence-corrected chi connectivity index (χ4v) is 6.37. The molecule has 1 aliphatic heterocycles. The summed E-state index contributed by atoms with van der Waals surface area (Å²) in [6.07, 6.45) is 10.9. The number of hydrogen-bond acceptors (Lipinski definition) is 6. The minimum Gasteiger partial charge on any atom is -0.379 e. The Morgan fingerprint density at radius 1 is 1.13 bits per heavy atom. The van der Waals surface area contributed by atoms with E-state index in [0.29, 0.717) is 17.4 Å². The maximum absolute atomic E-state index is 14.9. The molecule has 2 fully saturated rings. The van der Waals surface area contributed by atoms with E-state index in [2.05, 4.69) is 20.2 Å². The second-order valence-electron chi connectivity index (χ2n) is 8.42. The molecule has 168 valence electrons. The van der Waals surface area contributed by atoms with Crippen molar-refractivity contribution in [1.29, 1.82) is 0 Å². The summed E-state index contributed by atoms with van der Waals surface area (Å²) in [5.74, 6) is -1.21. The van der Waals surface area contributed by atoms with Crippen molar-refractivity contribution in [2.45, 2.75) is 67.7 Å². The predicted molar refractivity (Wildman–Crippen MR) is 119 cm³/mol. The fraction of sp³-hybridized carbons (Fsp3) is 0.545. The summed E-state index contributed by atoms with van der Waals surface area (Å²) in [5.41, 5.74) is 0.758. The van der Waals surface area contributed by atoms with Gasteiger partial charge in [0.15, 0.2) is 9.84 Å². The van der Waals surface area contributed by atoms with E-state index < -0.39 is 26.3 Å². The van der Waals surface area contributed by atoms with Gasteiger partial charge in [-0.2, -0.15) is 0 Å². The van der Waals surface area contributed by atoms with Crippen molar-refractivity contribution in [2.24, 2.45) is 0 Å². The highest BCUT2D eigenvalue weighted by molar-refractivity contribution is 7.90. The van der Waals surface area contributed by atoms with Crippen molar-refractivity contribution in [3.8, 4) is 0 Å². The van der Waals surface area contributed by atoms with Gasteiger partial charge in [-0.25, -0.2) is 22.8 Å². The summed E-state index contributed by atoms with van der Waals surface area (Å²) in [7, 11) is -3.93. The highest BCUT2D eigenvalue weighted by atomic mass is 35.5. The van der Waals surface area contributed by atoms with Crippen LogP contribution in [0.1, 0.15) is 50.6 Å². The summed E-state index contributed by atoms with van der Waals surface area (Å²) in [4.78, 5) is 9.84. The van der Waals surface area contributed by atoms with Gasteiger partial charge in [0.05, 0.1) is 22.2 Å². The van der Waals surface area contributed by atoms with E-state index in [9.17, 15) is 12.8 Å². The number of nitrogens with zero attached hydrogens (tertiary/aromatic N) is 3. The van der Waals surface area contributed by atoms with E-state index in [-0.39, 0.29) is 11.1 Å². The number of likely N-dealkylation sites (tertiary alicyclic amines) is 1. The molecular formula is C22H28ClFN4O2S. The Kier molecular flexibility index (Phi) is 7.08. The molecule has 31 heavy (non-hydrogen) atoms. The molecule has 1 saturated heterocycles. The molecule has 1 saturated carbocycles. The number of hydrogen-bond donors (Lipinski definition) is 1. The molecule has 2 aliphatic rings. The first-order chi connectivity index (χ1) is 14.9. The summed E-state index contributed by atoms with van der Waals surface area (Å²) in [5, 5.41) is 3.65. The molecule has 1 aromatic heterocycles. The van der Waals surface area contributed by atoms with Crippen LogP contribution in [-0.4, -0.2) is 48.5 Å². The molecule has 1 aromatic carbocycles. The Hall–Kier alpha value is -1.77. The third-order valence-corrected chi connectivity index (χ3v) is 8.24. The van der Waals surface area contributed by atoms with Gasteiger partial charge in [0.25, 0.3) is 0 Å². The number of anilines is 1. The van der Waals surface area contributed by atoms with E-state index in [1.165, 1.54) is 56.4 Å². The summed E-state index contributed by atoms with van der Waals surface area (Å²) >= 11 is 6.43. The van der Waals surface area contributed by atoms with Crippen molar-refractivity contribution < 1.29 is 12.8 Å². The van der Waals surface area contributed by atoms with Crippen molar-refractivity contribution >= 4 is 27.1 Å². The lowest BCUT2D eigenvalue weighted by molar-refractivity contribution is 0.121. The quantitative estimate of drug-likeness (QED) is 0.677. The van der Waals surface area contributed by atoms with Crippen LogP contribution in [-0.2, 0) is 15.6 Å². The standard InChI is InChI=1S/C22H28ClFN4O2S/c23-17-12-22(31(29,30)14-16-8-9-25-15-26-16)18(24)13-20(17)27-19-6-2-3-7-21(19)28-10-4-1-5-11-28/h8-9,12-13,15,19,21,27H,1-7,10-11,14H2/t19-,21-/m0/s1. The largest absolute Gasteiger partial charge is 0.379 e. The average molecular weight is 467 g/mol. The van der Waals surface area contributed by atoms with Crippen LogP contribution >= 0.6 is 11.6 Å². The normalized spacial score (nSPS) is 22.9. The Balaban J connectivity index is 1.54. The van der Waals surface area contributed by atoms with E-state index in [0.717, 1.165) is 32.4 Å². The van der Waals surface area contributed by atoms with Crippen LogP contribution in [0.4, 0.5) is 10.1 Å². The lowest BCUT2D eigenvalue weighted by Crippen LogP contribution is -2.50. The fourth-order valence-electron chi connectivity index (χ4n) is 4.72. The molecule has 0 unspecified atom stereocenters. The average Bonchev–Trinajstić information content (AvgIpc) is 2.77. The molecule has 1 aliphatic carbocycles. The molecule has 6 nitrogen and oxygen atoms in total. The minimum absolute atomic E-state index is 0.173. The maximum Gasteiger partial charge on any atom is 0.187 e. The molecule has 1 N–H and O–H groups in total. The van der Waals surface area contributed by atoms with Crippen LogP contribution in [0, 0.1) is 5.82 Å². The Morgan fingerprint density at radius 3 is 2.65 bits per heavy atom. The molecule has 0 spiro atoms. The van der Waals surface area contributed by atoms with Crippen LogP contribution in [0.3, 0.4) is 0 Å². The molecule has 2 aromatic rings. The zero-order valence-corrected chi connectivity index (χ0v) is 19.0. The minimum atomic E-state index is -3.93. The first-order valence-electron chi connectivity index (χ1n) is 10.9. The first kappa shape index (κ1) is 22.4. The number of piperidine rings is 1. The third kappa shape index (κ3) is 5.35. The summed E-state index contributed by atoms with van der Waals surface area (Å²) in [6, 6.07) is 4.50. The molecule has 4 rings (SSSR count). The number of halogens is 2. The van der Waals surface area contributed by atoms with E-state index in [1.54, 1.807) is 0 Å². The van der Waals surface area contributed by atoms with Crippen LogP contribution in [0.5, 0.6) is 0 Å². The smallest absolute Gasteiger partial charge is 0.187 e. The van der Waals surface area contributed by atoms with Crippen molar-refractivity contribution in [3.63, 3.8) is 0 Å². The Labute approximate surface area is 188 Å². The topological polar surface area (TPSA) is 75.2 Å². The summed E-state index contributed by atoms with van der Waals surface area (Å²) in [6.45, 7) is 2.20. The molecule has 2 atom stereocenters. The van der Waals surface area contributed by atoms with Gasteiger partial charge >= 0.3 is 0 Å². The first-order valence-corrected chi connectivity index (χ1v) is 12.9. The lowest BCUT2D eigenvalue weighted by Gasteiger charge is -2.42. The van der Waals surface area contributed by atoms with Crippen LogP contribution < -0.4 is 5.32 Å². The monoisotopic (exact) mass is 466 g/mol. The van der Waals surface area contributed by atoms with Gasteiger partial charge < -0.3 is 5.32 Å². The predicted octanol–water partition coefficient (Wildman–Crippen LogP) is 4.45. The molecule has 9 heteroatoms. The molecular weight excluding hydrogens is 439 g/mol. The number of rotatable bonds is 6. The van der Waals surface area contributed by atoms with Gasteiger partial charge in [-0.3, -0.25) is 4.90 Å². The maximum atomic E-state index is 14.9. The van der Waals surface area contributed by atoms with Crippen LogP contribution in [0.2, 0.25) is 5.02 Å². The number of sulfone groups is 1. The SMILES string of the molecule is O=S(=O)(Cc1ccncn1)c1cc(Cl)c(N[C@H]2CCCC[C@@H]2N2CCCCC2)cc1F. The number of nitrogens with one attached hydrogen (secondary N) is 1. The molecule has 0 radical (unpaired) electrons. The second-order valence-corrected chi connectivity index (χ2v) is 10.8. The lowest BCUT2D eigenvalue weighted by atomic mass is 9.88. The van der Waals surface area contributed by atoms with Gasteiger partial charge in [-0.05, 0) is 57.0 Å². The Morgan fingerprint density at radius 2 is 1.90 bits per heavy atom. The van der Waals surface area contributed by atoms with Gasteiger partial charge in [0.1, 0.15) is 17.0 Å². The second kappa shape index (κ2) is 9.79. The highest BCUT2D eigenvalue weighted by Gasteiger charge is 2.32. The van der Waals surface area contributed by atoms with Crippen LogP contribution in [0.15, 0.2) is 35.6 Å². The van der Waals surface area contributed by atoms with Crippen molar-refractivity contribution in [3.05, 3.63) is 47.3 Å². The van der Waals surface area contributed by atoms with E-state index in [4.69, 9.17) is 11.6 Å². The highest BCUT2D eigenvalue weighted by Crippen LogP contribution is 2.33. The van der Waals surface area contributed by atoms with E-state index >= 15 is 0 Å². The van der Waals surface area contributed by atoms with Gasteiger partial charge in [-0.15, -0.1) is 0 Å². The zero-order valence-electron chi connectivity index (χ0n) is 17.4. The summed E-state index contributed by atoms with van der Waals surface area (Å²) < 4.78 is 40.4. The van der Waals surface area contributed by atoms with Gasteiger partial charge in [0.2, 0.25) is 0 Å². The molecule has 0 bridgehead atoms. The molecule has 0 amide bonds. The number of aromatic nitrogens is 2. The van der Waals surface area contributed by atoms with Crippen molar-refractivity contribution in [1.82, 2.24) is 14.9 Å².